The number of piperidine rings is 1. The first-order valence-corrected chi connectivity index (χ1v) is 9.51. The molecular formula is C20H18Cl2F3NO2. The number of carbonyl (C=O) groups is 1. The van der Waals surface area contributed by atoms with Gasteiger partial charge >= 0.3 is 6.18 Å². The maximum atomic E-state index is 12.8. The highest BCUT2D eigenvalue weighted by Crippen LogP contribution is 2.30. The Morgan fingerprint density at radius 1 is 1.18 bits per heavy atom. The van der Waals surface area contributed by atoms with Gasteiger partial charge in [-0.05, 0) is 48.7 Å². The Bertz CT molecular complexity index is 858. The number of benzene rings is 2. The number of carbonyl (C=O) groups excluding carboxylic acids is 1. The minimum Gasteiger partial charge on any atom is -0.372 e. The highest BCUT2D eigenvalue weighted by Gasteiger charge is 2.30. The van der Waals surface area contributed by atoms with E-state index in [0.29, 0.717) is 29.2 Å². The Hall–Kier alpha value is -1.76. The first kappa shape index (κ1) is 21.0. The molecule has 1 aliphatic heterocycles. The molecule has 1 saturated heterocycles. The van der Waals surface area contributed by atoms with Crippen molar-refractivity contribution >= 4 is 29.1 Å². The maximum absolute atomic E-state index is 12.8. The van der Waals surface area contributed by atoms with Gasteiger partial charge < -0.3 is 9.64 Å². The number of hydrogen-bond donors (Lipinski definition) is 0. The first-order chi connectivity index (χ1) is 13.2. The van der Waals surface area contributed by atoms with Crippen molar-refractivity contribution < 1.29 is 22.7 Å². The fourth-order valence-electron chi connectivity index (χ4n) is 3.14. The molecular weight excluding hydrogens is 414 g/mol. The molecule has 0 N–H and O–H groups in total. The van der Waals surface area contributed by atoms with Gasteiger partial charge in [0.1, 0.15) is 0 Å². The molecule has 0 radical (unpaired) electrons. The molecule has 0 bridgehead atoms. The summed E-state index contributed by atoms with van der Waals surface area (Å²) in [6.07, 6.45) is -3.17. The van der Waals surface area contributed by atoms with Crippen molar-refractivity contribution in [1.29, 1.82) is 0 Å². The van der Waals surface area contributed by atoms with Gasteiger partial charge in [0.2, 0.25) is 0 Å². The highest BCUT2D eigenvalue weighted by atomic mass is 35.5. The molecule has 1 atom stereocenters. The van der Waals surface area contributed by atoms with E-state index in [9.17, 15) is 18.0 Å². The number of hydrogen-bond acceptors (Lipinski definition) is 2. The van der Waals surface area contributed by atoms with E-state index in [1.807, 2.05) is 0 Å². The lowest BCUT2D eigenvalue weighted by Gasteiger charge is -2.33. The molecule has 150 valence electrons. The molecule has 3 rings (SSSR count). The van der Waals surface area contributed by atoms with E-state index in [-0.39, 0.29) is 23.6 Å². The lowest BCUT2D eigenvalue weighted by molar-refractivity contribution is -0.137. The summed E-state index contributed by atoms with van der Waals surface area (Å²) < 4.78 is 44.2. The number of nitrogens with zero attached hydrogens (tertiary/aromatic N) is 1. The Labute approximate surface area is 171 Å². The molecule has 0 aliphatic carbocycles. The summed E-state index contributed by atoms with van der Waals surface area (Å²) in [5.74, 6) is -0.214. The van der Waals surface area contributed by atoms with E-state index < -0.39 is 11.7 Å². The molecule has 0 saturated carbocycles. The van der Waals surface area contributed by atoms with Gasteiger partial charge in [-0.3, -0.25) is 4.79 Å². The molecule has 1 heterocycles. The van der Waals surface area contributed by atoms with Crippen molar-refractivity contribution in [3.8, 4) is 0 Å². The van der Waals surface area contributed by atoms with Crippen LogP contribution in [0, 0.1) is 0 Å². The molecule has 3 nitrogen and oxygen atoms in total. The van der Waals surface area contributed by atoms with Gasteiger partial charge in [0.15, 0.2) is 0 Å². The number of rotatable bonds is 4. The third-order valence-corrected chi connectivity index (χ3v) is 5.11. The minimum atomic E-state index is -4.39. The van der Waals surface area contributed by atoms with Crippen molar-refractivity contribution in [1.82, 2.24) is 4.90 Å². The average molecular weight is 432 g/mol. The summed E-state index contributed by atoms with van der Waals surface area (Å²) in [4.78, 5) is 14.4. The zero-order chi connectivity index (χ0) is 20.3. The molecule has 0 aromatic heterocycles. The normalized spacial score (nSPS) is 17.6. The third-order valence-electron chi connectivity index (χ3n) is 4.57. The van der Waals surface area contributed by atoms with E-state index >= 15 is 0 Å². The highest BCUT2D eigenvalue weighted by molar-refractivity contribution is 6.36. The van der Waals surface area contributed by atoms with Crippen LogP contribution < -0.4 is 0 Å². The lowest BCUT2D eigenvalue weighted by Crippen LogP contribution is -2.43. The third kappa shape index (κ3) is 5.19. The van der Waals surface area contributed by atoms with Crippen molar-refractivity contribution in [3.63, 3.8) is 0 Å². The Kier molecular flexibility index (Phi) is 6.53. The van der Waals surface area contributed by atoms with Crippen molar-refractivity contribution in [2.45, 2.75) is 31.7 Å². The van der Waals surface area contributed by atoms with Crippen LogP contribution in [0.5, 0.6) is 0 Å². The van der Waals surface area contributed by atoms with Crippen molar-refractivity contribution in [3.05, 3.63) is 69.2 Å². The molecule has 0 spiro atoms. The first-order valence-electron chi connectivity index (χ1n) is 8.76. The number of halogens is 5. The Morgan fingerprint density at radius 2 is 1.96 bits per heavy atom. The van der Waals surface area contributed by atoms with E-state index in [4.69, 9.17) is 27.9 Å². The van der Waals surface area contributed by atoms with Gasteiger partial charge in [0, 0.05) is 18.1 Å². The van der Waals surface area contributed by atoms with E-state index in [1.54, 1.807) is 23.1 Å². The molecule has 1 unspecified atom stereocenters. The summed E-state index contributed by atoms with van der Waals surface area (Å²) in [5.41, 5.74) is 0.107. The smallest absolute Gasteiger partial charge is 0.372 e. The summed E-state index contributed by atoms with van der Waals surface area (Å²) in [7, 11) is 0. The van der Waals surface area contributed by atoms with Gasteiger partial charge in [-0.15, -0.1) is 0 Å². The summed E-state index contributed by atoms with van der Waals surface area (Å²) in [5, 5.41) is 0.729. The van der Waals surface area contributed by atoms with Gasteiger partial charge in [-0.1, -0.05) is 35.3 Å². The van der Waals surface area contributed by atoms with E-state index in [0.717, 1.165) is 25.0 Å². The topological polar surface area (TPSA) is 29.5 Å². The molecule has 2 aromatic carbocycles. The van der Waals surface area contributed by atoms with Crippen LogP contribution in [0.4, 0.5) is 13.2 Å². The minimum absolute atomic E-state index is 0.0539. The predicted octanol–water partition coefficient (Wildman–Crippen LogP) is 5.83. The van der Waals surface area contributed by atoms with Crippen LogP contribution in [-0.4, -0.2) is 30.0 Å². The van der Waals surface area contributed by atoms with Crippen LogP contribution in [0.3, 0.4) is 0 Å². The molecule has 28 heavy (non-hydrogen) atoms. The second-order valence-electron chi connectivity index (χ2n) is 6.65. The van der Waals surface area contributed by atoms with Crippen LogP contribution in [0.25, 0.3) is 0 Å². The quantitative estimate of drug-likeness (QED) is 0.608. The van der Waals surface area contributed by atoms with Gasteiger partial charge in [-0.25, -0.2) is 0 Å². The van der Waals surface area contributed by atoms with Crippen LogP contribution in [0.1, 0.15) is 34.3 Å². The van der Waals surface area contributed by atoms with Crippen molar-refractivity contribution in [2.75, 3.05) is 13.1 Å². The number of likely N-dealkylation sites (tertiary alicyclic amines) is 1. The monoisotopic (exact) mass is 431 g/mol. The van der Waals surface area contributed by atoms with Crippen LogP contribution in [0.15, 0.2) is 42.5 Å². The molecule has 2 aromatic rings. The number of alkyl halides is 3. The van der Waals surface area contributed by atoms with E-state index in [2.05, 4.69) is 0 Å². The second-order valence-corrected chi connectivity index (χ2v) is 7.49. The van der Waals surface area contributed by atoms with Crippen molar-refractivity contribution in [2.24, 2.45) is 0 Å². The zero-order valence-corrected chi connectivity index (χ0v) is 16.3. The van der Waals surface area contributed by atoms with Gasteiger partial charge in [0.25, 0.3) is 5.91 Å². The Balaban J connectivity index is 1.62. The van der Waals surface area contributed by atoms with Crippen LogP contribution in [0.2, 0.25) is 10.0 Å². The predicted molar refractivity (Wildman–Crippen MR) is 102 cm³/mol. The largest absolute Gasteiger partial charge is 0.416 e. The van der Waals surface area contributed by atoms with E-state index in [1.165, 1.54) is 12.1 Å². The second kappa shape index (κ2) is 8.72. The standard InChI is InChI=1S/C20H18Cl2F3NO2/c21-15-6-7-17(18(22)10-15)19(27)26-8-2-5-16(11-26)28-12-13-3-1-4-14(9-13)20(23,24)25/h1,3-4,6-7,9-10,16H,2,5,8,11-12H2. The van der Waals surface area contributed by atoms with Gasteiger partial charge in [0.05, 0.1) is 28.9 Å². The maximum Gasteiger partial charge on any atom is 0.416 e. The average Bonchev–Trinajstić information content (AvgIpc) is 2.66. The molecule has 1 fully saturated rings. The number of ether oxygens (including phenoxy) is 1. The number of amides is 1. The van der Waals surface area contributed by atoms with Gasteiger partial charge in [-0.2, -0.15) is 13.2 Å². The summed E-state index contributed by atoms with van der Waals surface area (Å²) in [6, 6.07) is 9.77. The van der Waals surface area contributed by atoms with Crippen LogP contribution >= 0.6 is 23.2 Å². The summed E-state index contributed by atoms with van der Waals surface area (Å²) in [6.45, 7) is 0.982. The lowest BCUT2D eigenvalue weighted by atomic mass is 10.1. The molecule has 1 aliphatic rings. The Morgan fingerprint density at radius 3 is 2.68 bits per heavy atom. The fraction of sp³-hybridized carbons (Fsp3) is 0.350. The molecule has 8 heteroatoms. The zero-order valence-electron chi connectivity index (χ0n) is 14.8. The summed E-state index contributed by atoms with van der Waals surface area (Å²) >= 11 is 12.0. The SMILES string of the molecule is O=C(c1ccc(Cl)cc1Cl)N1CCCC(OCc2cccc(C(F)(F)F)c2)C1. The van der Waals surface area contributed by atoms with Crippen LogP contribution in [-0.2, 0) is 17.5 Å². The fourth-order valence-corrected chi connectivity index (χ4v) is 3.63. The molecule has 1 amide bonds.